The molecule has 0 fully saturated rings. The SMILES string of the molecule is O=C([O-])Cc1ccc(NCc2ccc(Br)cc2)cc1. The van der Waals surface area contributed by atoms with Gasteiger partial charge >= 0.3 is 0 Å². The number of anilines is 1. The van der Waals surface area contributed by atoms with E-state index in [4.69, 9.17) is 0 Å². The Morgan fingerprint density at radius 3 is 2.16 bits per heavy atom. The maximum atomic E-state index is 10.5. The number of halogens is 1. The van der Waals surface area contributed by atoms with Crippen molar-refractivity contribution in [2.75, 3.05) is 5.32 Å². The van der Waals surface area contributed by atoms with Crippen molar-refractivity contribution in [2.24, 2.45) is 0 Å². The normalized spacial score (nSPS) is 10.2. The minimum absolute atomic E-state index is 0.0486. The molecule has 0 saturated carbocycles. The molecule has 4 heteroatoms. The highest BCUT2D eigenvalue weighted by molar-refractivity contribution is 9.10. The van der Waals surface area contributed by atoms with Crippen LogP contribution in [0, 0.1) is 0 Å². The van der Waals surface area contributed by atoms with Crippen LogP contribution in [-0.4, -0.2) is 5.97 Å². The zero-order valence-corrected chi connectivity index (χ0v) is 11.8. The number of carboxylic acids is 1. The molecule has 0 radical (unpaired) electrons. The first kappa shape index (κ1) is 13.6. The molecule has 0 amide bonds. The van der Waals surface area contributed by atoms with Crippen LogP contribution in [0.4, 0.5) is 5.69 Å². The summed E-state index contributed by atoms with van der Waals surface area (Å²) in [5.41, 5.74) is 2.89. The highest BCUT2D eigenvalue weighted by Crippen LogP contribution is 2.14. The maximum absolute atomic E-state index is 10.5. The minimum atomic E-state index is -1.06. The van der Waals surface area contributed by atoms with Crippen molar-refractivity contribution in [3.05, 3.63) is 64.1 Å². The highest BCUT2D eigenvalue weighted by Gasteiger charge is 1.96. The predicted octanol–water partition coefficient (Wildman–Crippen LogP) is 2.35. The zero-order chi connectivity index (χ0) is 13.7. The van der Waals surface area contributed by atoms with Crippen LogP contribution < -0.4 is 10.4 Å². The van der Waals surface area contributed by atoms with Crippen molar-refractivity contribution >= 4 is 27.6 Å². The van der Waals surface area contributed by atoms with Crippen molar-refractivity contribution in [3.8, 4) is 0 Å². The van der Waals surface area contributed by atoms with E-state index in [0.717, 1.165) is 22.3 Å². The molecule has 0 atom stereocenters. The molecular formula is C15H13BrNO2-. The van der Waals surface area contributed by atoms with E-state index in [9.17, 15) is 9.90 Å². The Labute approximate surface area is 120 Å². The summed E-state index contributed by atoms with van der Waals surface area (Å²) in [7, 11) is 0. The molecule has 98 valence electrons. The zero-order valence-electron chi connectivity index (χ0n) is 10.2. The van der Waals surface area contributed by atoms with Crippen LogP contribution in [0.3, 0.4) is 0 Å². The van der Waals surface area contributed by atoms with E-state index in [1.165, 1.54) is 5.56 Å². The van der Waals surface area contributed by atoms with E-state index in [1.54, 1.807) is 12.1 Å². The van der Waals surface area contributed by atoms with Gasteiger partial charge in [-0.05, 0) is 35.4 Å². The standard InChI is InChI=1S/C15H14BrNO2/c16-13-5-1-12(2-6-13)10-17-14-7-3-11(4-8-14)9-15(18)19/h1-8,17H,9-10H2,(H,18,19)/p-1. The van der Waals surface area contributed by atoms with E-state index in [-0.39, 0.29) is 6.42 Å². The van der Waals surface area contributed by atoms with Gasteiger partial charge in [0, 0.05) is 29.1 Å². The average Bonchev–Trinajstić information content (AvgIpc) is 2.39. The van der Waals surface area contributed by atoms with Gasteiger partial charge in [0.25, 0.3) is 0 Å². The summed E-state index contributed by atoms with van der Waals surface area (Å²) in [6.07, 6.45) is -0.0486. The van der Waals surface area contributed by atoms with Crippen molar-refractivity contribution in [1.29, 1.82) is 0 Å². The molecule has 19 heavy (non-hydrogen) atoms. The van der Waals surface area contributed by atoms with Crippen molar-refractivity contribution in [2.45, 2.75) is 13.0 Å². The monoisotopic (exact) mass is 318 g/mol. The fourth-order valence-corrected chi connectivity index (χ4v) is 1.98. The largest absolute Gasteiger partial charge is 0.550 e. The summed E-state index contributed by atoms with van der Waals surface area (Å²) in [6, 6.07) is 15.4. The van der Waals surface area contributed by atoms with Gasteiger partial charge in [-0.25, -0.2) is 0 Å². The molecule has 0 aliphatic carbocycles. The molecule has 3 nitrogen and oxygen atoms in total. The fourth-order valence-electron chi connectivity index (χ4n) is 1.71. The molecule has 0 aromatic heterocycles. The van der Waals surface area contributed by atoms with Crippen LogP contribution in [0.15, 0.2) is 53.0 Å². The molecule has 0 heterocycles. The number of carbonyl (C=O) groups excluding carboxylic acids is 1. The lowest BCUT2D eigenvalue weighted by molar-refractivity contribution is -0.304. The lowest BCUT2D eigenvalue weighted by Crippen LogP contribution is -2.24. The van der Waals surface area contributed by atoms with Crippen molar-refractivity contribution < 1.29 is 9.90 Å². The third-order valence-electron chi connectivity index (χ3n) is 2.71. The third kappa shape index (κ3) is 4.41. The predicted molar refractivity (Wildman–Crippen MR) is 76.6 cm³/mol. The Kier molecular flexibility index (Phi) is 4.58. The maximum Gasteiger partial charge on any atom is 0.0458 e. The molecule has 2 aromatic rings. The first-order valence-corrected chi connectivity index (χ1v) is 6.70. The number of hydrogen-bond donors (Lipinski definition) is 1. The summed E-state index contributed by atoms with van der Waals surface area (Å²) in [4.78, 5) is 10.5. The molecule has 0 aliphatic rings. The van der Waals surface area contributed by atoms with Crippen LogP contribution in [0.5, 0.6) is 0 Å². The molecule has 0 unspecified atom stereocenters. The Morgan fingerprint density at radius 2 is 1.58 bits per heavy atom. The smallest absolute Gasteiger partial charge is 0.0458 e. The molecule has 2 rings (SSSR count). The molecule has 2 aromatic carbocycles. The molecule has 0 saturated heterocycles. The molecule has 0 spiro atoms. The Hall–Kier alpha value is -1.81. The summed E-state index contributed by atoms with van der Waals surface area (Å²) in [5, 5.41) is 13.7. The van der Waals surface area contributed by atoms with E-state index < -0.39 is 5.97 Å². The number of rotatable bonds is 5. The lowest BCUT2D eigenvalue weighted by Gasteiger charge is -2.08. The van der Waals surface area contributed by atoms with Gasteiger partial charge in [-0.2, -0.15) is 0 Å². The third-order valence-corrected chi connectivity index (χ3v) is 3.24. The second kappa shape index (κ2) is 6.38. The second-order valence-electron chi connectivity index (χ2n) is 4.23. The number of nitrogens with one attached hydrogen (secondary N) is 1. The van der Waals surface area contributed by atoms with E-state index in [1.807, 2.05) is 36.4 Å². The Bertz CT molecular complexity index is 549. The van der Waals surface area contributed by atoms with Crippen LogP contribution in [-0.2, 0) is 17.8 Å². The number of aliphatic carboxylic acids is 1. The van der Waals surface area contributed by atoms with E-state index in [2.05, 4.69) is 21.2 Å². The highest BCUT2D eigenvalue weighted by atomic mass is 79.9. The van der Waals surface area contributed by atoms with Crippen LogP contribution >= 0.6 is 15.9 Å². The van der Waals surface area contributed by atoms with E-state index >= 15 is 0 Å². The van der Waals surface area contributed by atoms with Gasteiger partial charge in [0.2, 0.25) is 0 Å². The fraction of sp³-hybridized carbons (Fsp3) is 0.133. The van der Waals surface area contributed by atoms with Crippen LogP contribution in [0.1, 0.15) is 11.1 Å². The van der Waals surface area contributed by atoms with Gasteiger partial charge < -0.3 is 15.2 Å². The first-order valence-electron chi connectivity index (χ1n) is 5.90. The quantitative estimate of drug-likeness (QED) is 0.920. The van der Waals surface area contributed by atoms with Gasteiger partial charge in [-0.15, -0.1) is 0 Å². The Balaban J connectivity index is 1.92. The summed E-state index contributed by atoms with van der Waals surface area (Å²) < 4.78 is 1.06. The molecular weight excluding hydrogens is 306 g/mol. The number of carboxylic acid groups (broad SMARTS) is 1. The number of hydrogen-bond acceptors (Lipinski definition) is 3. The van der Waals surface area contributed by atoms with Crippen LogP contribution in [0.25, 0.3) is 0 Å². The number of benzene rings is 2. The summed E-state index contributed by atoms with van der Waals surface area (Å²) in [6.45, 7) is 0.729. The van der Waals surface area contributed by atoms with E-state index in [0.29, 0.717) is 0 Å². The van der Waals surface area contributed by atoms with Gasteiger partial charge in [0.15, 0.2) is 0 Å². The topological polar surface area (TPSA) is 52.2 Å². The Morgan fingerprint density at radius 1 is 1.00 bits per heavy atom. The number of carbonyl (C=O) groups is 1. The average molecular weight is 319 g/mol. The molecule has 1 N–H and O–H groups in total. The molecule has 0 bridgehead atoms. The van der Waals surface area contributed by atoms with Gasteiger partial charge in [-0.1, -0.05) is 40.2 Å². The second-order valence-corrected chi connectivity index (χ2v) is 5.14. The van der Waals surface area contributed by atoms with Crippen molar-refractivity contribution in [1.82, 2.24) is 0 Å². The molecule has 0 aliphatic heterocycles. The summed E-state index contributed by atoms with van der Waals surface area (Å²) >= 11 is 3.40. The minimum Gasteiger partial charge on any atom is -0.550 e. The van der Waals surface area contributed by atoms with Gasteiger partial charge in [0.1, 0.15) is 0 Å². The first-order chi connectivity index (χ1) is 9.13. The summed E-state index contributed by atoms with van der Waals surface area (Å²) in [5.74, 6) is -1.06. The lowest BCUT2D eigenvalue weighted by atomic mass is 10.1. The van der Waals surface area contributed by atoms with Gasteiger partial charge in [0.05, 0.1) is 0 Å². The van der Waals surface area contributed by atoms with Crippen LogP contribution in [0.2, 0.25) is 0 Å². The van der Waals surface area contributed by atoms with Gasteiger partial charge in [-0.3, -0.25) is 0 Å². The van der Waals surface area contributed by atoms with Crippen molar-refractivity contribution in [3.63, 3.8) is 0 Å².